The number of anilines is 1. The Kier molecular flexibility index (Phi) is 6.36. The predicted molar refractivity (Wildman–Crippen MR) is 129 cm³/mol. The summed E-state index contributed by atoms with van der Waals surface area (Å²) in [6, 6.07) is 22.6. The first-order valence-electron chi connectivity index (χ1n) is 11.0. The normalized spacial score (nSPS) is 12.4. The van der Waals surface area contributed by atoms with Gasteiger partial charge in [-0.1, -0.05) is 48.5 Å². The van der Waals surface area contributed by atoms with Crippen LogP contribution in [0.2, 0.25) is 0 Å². The third kappa shape index (κ3) is 5.09. The monoisotopic (exact) mass is 458 g/mol. The molecular formula is C27H26N2O5. The number of carboxylic acids is 1. The van der Waals surface area contributed by atoms with E-state index in [0.717, 1.165) is 22.3 Å². The molecule has 2 amide bonds. The SMILES string of the molecule is CC(C)(CC(=O)O)NC(=O)c1ccc(NC(=O)OCC2c3ccccc3-c3ccccc32)cc1. The van der Waals surface area contributed by atoms with Gasteiger partial charge in [0.15, 0.2) is 0 Å². The van der Waals surface area contributed by atoms with Gasteiger partial charge in [-0.25, -0.2) is 4.79 Å². The van der Waals surface area contributed by atoms with E-state index >= 15 is 0 Å². The van der Waals surface area contributed by atoms with Crippen molar-refractivity contribution in [2.45, 2.75) is 31.7 Å². The maximum absolute atomic E-state index is 12.4. The highest BCUT2D eigenvalue weighted by atomic mass is 16.5. The van der Waals surface area contributed by atoms with E-state index in [1.807, 2.05) is 24.3 Å². The Morgan fingerprint density at radius 2 is 1.44 bits per heavy atom. The minimum absolute atomic E-state index is 0.0293. The summed E-state index contributed by atoms with van der Waals surface area (Å²) < 4.78 is 5.54. The van der Waals surface area contributed by atoms with Gasteiger partial charge in [-0.2, -0.15) is 0 Å². The van der Waals surface area contributed by atoms with Crippen molar-refractivity contribution in [2.75, 3.05) is 11.9 Å². The third-order valence-corrected chi connectivity index (χ3v) is 5.78. The Balaban J connectivity index is 1.35. The molecule has 0 saturated heterocycles. The molecule has 0 atom stereocenters. The van der Waals surface area contributed by atoms with Crippen molar-refractivity contribution in [1.29, 1.82) is 0 Å². The first-order chi connectivity index (χ1) is 16.2. The van der Waals surface area contributed by atoms with E-state index in [9.17, 15) is 14.4 Å². The maximum Gasteiger partial charge on any atom is 0.411 e. The number of amides is 2. The van der Waals surface area contributed by atoms with Gasteiger partial charge in [0.05, 0.1) is 6.42 Å². The molecule has 7 heteroatoms. The molecule has 0 spiro atoms. The largest absolute Gasteiger partial charge is 0.481 e. The number of fused-ring (bicyclic) bond motifs is 3. The van der Waals surface area contributed by atoms with Gasteiger partial charge in [0.25, 0.3) is 5.91 Å². The molecule has 3 aromatic carbocycles. The number of hydrogen-bond acceptors (Lipinski definition) is 4. The van der Waals surface area contributed by atoms with Crippen molar-refractivity contribution >= 4 is 23.7 Å². The quantitative estimate of drug-likeness (QED) is 0.461. The Morgan fingerprint density at radius 3 is 2.00 bits per heavy atom. The topological polar surface area (TPSA) is 105 Å². The van der Waals surface area contributed by atoms with Gasteiger partial charge >= 0.3 is 12.1 Å². The van der Waals surface area contributed by atoms with Crippen LogP contribution < -0.4 is 10.6 Å². The first-order valence-corrected chi connectivity index (χ1v) is 11.0. The Morgan fingerprint density at radius 1 is 0.882 bits per heavy atom. The average molecular weight is 459 g/mol. The zero-order chi connectivity index (χ0) is 24.3. The fourth-order valence-corrected chi connectivity index (χ4v) is 4.26. The lowest BCUT2D eigenvalue weighted by Gasteiger charge is -2.24. The van der Waals surface area contributed by atoms with Crippen LogP contribution in [0.5, 0.6) is 0 Å². The number of hydrogen-bond donors (Lipinski definition) is 3. The van der Waals surface area contributed by atoms with E-state index in [1.54, 1.807) is 38.1 Å². The van der Waals surface area contributed by atoms with E-state index in [4.69, 9.17) is 9.84 Å². The van der Waals surface area contributed by atoms with E-state index in [1.165, 1.54) is 0 Å². The molecule has 3 aromatic rings. The second-order valence-corrected chi connectivity index (χ2v) is 8.94. The minimum atomic E-state index is -0.993. The van der Waals surface area contributed by atoms with Crippen LogP contribution >= 0.6 is 0 Å². The van der Waals surface area contributed by atoms with Gasteiger partial charge in [-0.15, -0.1) is 0 Å². The third-order valence-electron chi connectivity index (χ3n) is 5.78. The fraction of sp³-hybridized carbons (Fsp3) is 0.222. The molecule has 0 fully saturated rings. The standard InChI is InChI=1S/C27H26N2O5/c1-27(2,15-24(30)31)29-25(32)17-11-13-18(14-12-17)28-26(33)34-16-23-21-9-5-3-7-19(21)20-8-4-6-10-22(20)23/h3-14,23H,15-16H2,1-2H3,(H,28,33)(H,29,32)(H,30,31). The summed E-state index contributed by atoms with van der Waals surface area (Å²) in [5.74, 6) is -1.41. The van der Waals surface area contributed by atoms with Crippen molar-refractivity contribution in [2.24, 2.45) is 0 Å². The molecule has 3 N–H and O–H groups in total. The van der Waals surface area contributed by atoms with Crippen molar-refractivity contribution in [1.82, 2.24) is 5.32 Å². The Hall–Kier alpha value is -4.13. The molecule has 0 heterocycles. The van der Waals surface area contributed by atoms with E-state index < -0.39 is 17.6 Å². The van der Waals surface area contributed by atoms with Gasteiger partial charge in [0.1, 0.15) is 6.61 Å². The van der Waals surface area contributed by atoms with Crippen LogP contribution in [-0.4, -0.2) is 35.2 Å². The van der Waals surface area contributed by atoms with Gasteiger partial charge in [0.2, 0.25) is 0 Å². The van der Waals surface area contributed by atoms with Crippen LogP contribution in [0.15, 0.2) is 72.8 Å². The van der Waals surface area contributed by atoms with E-state index in [0.29, 0.717) is 11.3 Å². The minimum Gasteiger partial charge on any atom is -0.481 e. The summed E-state index contributed by atoms with van der Waals surface area (Å²) in [5, 5.41) is 14.3. The molecule has 0 bridgehead atoms. The molecule has 0 radical (unpaired) electrons. The highest BCUT2D eigenvalue weighted by molar-refractivity contribution is 5.95. The number of nitrogens with one attached hydrogen (secondary N) is 2. The number of aliphatic carboxylic acids is 1. The summed E-state index contributed by atoms with van der Waals surface area (Å²) in [6.45, 7) is 3.50. The highest BCUT2D eigenvalue weighted by Crippen LogP contribution is 2.44. The zero-order valence-corrected chi connectivity index (χ0v) is 19.0. The second-order valence-electron chi connectivity index (χ2n) is 8.94. The Bertz CT molecular complexity index is 1190. The molecule has 0 saturated carbocycles. The van der Waals surface area contributed by atoms with Crippen LogP contribution in [0, 0.1) is 0 Å². The molecule has 0 unspecified atom stereocenters. The summed E-state index contributed by atoms with van der Waals surface area (Å²) in [4.78, 5) is 35.8. The number of rotatable bonds is 7. The lowest BCUT2D eigenvalue weighted by atomic mass is 9.98. The van der Waals surface area contributed by atoms with E-state index in [2.05, 4.69) is 34.9 Å². The van der Waals surface area contributed by atoms with Gasteiger partial charge in [-0.3, -0.25) is 14.9 Å². The van der Waals surface area contributed by atoms with E-state index in [-0.39, 0.29) is 24.9 Å². The molecule has 7 nitrogen and oxygen atoms in total. The number of carbonyl (C=O) groups is 3. The Labute approximate surface area is 197 Å². The fourth-order valence-electron chi connectivity index (χ4n) is 4.26. The lowest BCUT2D eigenvalue weighted by molar-refractivity contribution is -0.138. The summed E-state index contributed by atoms with van der Waals surface area (Å²) >= 11 is 0. The molecule has 1 aliphatic rings. The molecule has 0 aliphatic heterocycles. The van der Waals surface area contributed by atoms with Crippen molar-refractivity contribution in [3.05, 3.63) is 89.5 Å². The number of carboxylic acid groups (broad SMARTS) is 1. The van der Waals surface area contributed by atoms with Crippen LogP contribution in [0.1, 0.15) is 47.7 Å². The van der Waals surface area contributed by atoms with Crippen LogP contribution in [0.3, 0.4) is 0 Å². The molecule has 34 heavy (non-hydrogen) atoms. The molecule has 0 aromatic heterocycles. The molecular weight excluding hydrogens is 432 g/mol. The van der Waals surface area contributed by atoms with Gasteiger partial charge in [-0.05, 0) is 60.4 Å². The summed E-state index contributed by atoms with van der Waals surface area (Å²) in [5.41, 5.74) is 4.55. The number of benzene rings is 3. The summed E-state index contributed by atoms with van der Waals surface area (Å²) in [6.07, 6.45) is -0.776. The van der Waals surface area contributed by atoms with Crippen LogP contribution in [0.4, 0.5) is 10.5 Å². The lowest BCUT2D eigenvalue weighted by Crippen LogP contribution is -2.44. The van der Waals surface area contributed by atoms with Gasteiger partial charge in [0, 0.05) is 22.7 Å². The van der Waals surface area contributed by atoms with Gasteiger partial charge < -0.3 is 15.2 Å². The smallest absolute Gasteiger partial charge is 0.411 e. The van der Waals surface area contributed by atoms with Crippen molar-refractivity contribution in [3.63, 3.8) is 0 Å². The zero-order valence-electron chi connectivity index (χ0n) is 19.0. The number of carbonyl (C=O) groups excluding carboxylic acids is 2. The van der Waals surface area contributed by atoms with Crippen molar-refractivity contribution < 1.29 is 24.2 Å². The van der Waals surface area contributed by atoms with Crippen molar-refractivity contribution in [3.8, 4) is 11.1 Å². The second kappa shape index (κ2) is 9.39. The molecule has 4 rings (SSSR count). The maximum atomic E-state index is 12.4. The number of ether oxygens (including phenoxy) is 1. The van der Waals surface area contributed by atoms with Crippen LogP contribution in [0.25, 0.3) is 11.1 Å². The highest BCUT2D eigenvalue weighted by Gasteiger charge is 2.29. The summed E-state index contributed by atoms with van der Waals surface area (Å²) in [7, 11) is 0. The average Bonchev–Trinajstić information content (AvgIpc) is 3.11. The van der Waals surface area contributed by atoms with Crippen LogP contribution in [-0.2, 0) is 9.53 Å². The molecule has 174 valence electrons. The predicted octanol–water partition coefficient (Wildman–Crippen LogP) is 5.03. The first kappa shape index (κ1) is 23.0. The molecule has 1 aliphatic carbocycles.